The topological polar surface area (TPSA) is 63.2 Å². The van der Waals surface area contributed by atoms with Crippen LogP contribution in [0.15, 0.2) is 48.5 Å². The number of hydrogen-bond donors (Lipinski definition) is 1. The lowest BCUT2D eigenvalue weighted by molar-refractivity contribution is -0.116. The Labute approximate surface area is 130 Å². The number of Topliss-reactive ketones (excluding diaryl/α,β-unsaturated/α-hetero) is 1. The minimum Gasteiger partial charge on any atom is -0.285 e. The van der Waals surface area contributed by atoms with E-state index in [1.165, 1.54) is 48.5 Å². The van der Waals surface area contributed by atoms with Gasteiger partial charge in [-0.25, -0.2) is 0 Å². The molecule has 0 aliphatic heterocycles. The van der Waals surface area contributed by atoms with Crippen molar-refractivity contribution in [3.05, 3.63) is 69.7 Å². The molecule has 1 N–H and O–H groups in total. The lowest BCUT2D eigenvalue weighted by Gasteiger charge is -2.04. The number of carbonyl (C=O) groups is 3. The molecular formula is C15H9Cl2NO3. The Morgan fingerprint density at radius 2 is 1.14 bits per heavy atom. The molecule has 0 fully saturated rings. The summed E-state index contributed by atoms with van der Waals surface area (Å²) in [4.78, 5) is 35.4. The first kappa shape index (κ1) is 15.2. The molecule has 2 aromatic rings. The fourth-order valence-corrected chi connectivity index (χ4v) is 1.82. The van der Waals surface area contributed by atoms with Crippen LogP contribution >= 0.6 is 23.2 Å². The van der Waals surface area contributed by atoms with Crippen LogP contribution in [0.5, 0.6) is 0 Å². The van der Waals surface area contributed by atoms with Crippen molar-refractivity contribution >= 4 is 40.8 Å². The third kappa shape index (κ3) is 3.90. The van der Waals surface area contributed by atoms with E-state index in [0.717, 1.165) is 0 Å². The van der Waals surface area contributed by atoms with Crippen LogP contribution in [0.25, 0.3) is 0 Å². The van der Waals surface area contributed by atoms with Crippen molar-refractivity contribution in [1.82, 2.24) is 5.32 Å². The molecule has 4 nitrogen and oxygen atoms in total. The summed E-state index contributed by atoms with van der Waals surface area (Å²) >= 11 is 11.4. The van der Waals surface area contributed by atoms with Gasteiger partial charge in [-0.05, 0) is 48.5 Å². The van der Waals surface area contributed by atoms with Crippen LogP contribution in [0.3, 0.4) is 0 Å². The van der Waals surface area contributed by atoms with E-state index in [-0.39, 0.29) is 11.1 Å². The molecule has 0 aliphatic rings. The lowest BCUT2D eigenvalue weighted by atomic mass is 10.1. The largest absolute Gasteiger partial charge is 0.299 e. The summed E-state index contributed by atoms with van der Waals surface area (Å²) in [5, 5.41) is 2.94. The second-order valence-electron chi connectivity index (χ2n) is 4.13. The minimum atomic E-state index is -1.00. The summed E-state index contributed by atoms with van der Waals surface area (Å²) in [5.74, 6) is -2.48. The molecule has 0 saturated carbocycles. The summed E-state index contributed by atoms with van der Waals surface area (Å²) in [6.45, 7) is 0. The zero-order valence-corrected chi connectivity index (χ0v) is 12.1. The Balaban J connectivity index is 2.07. The number of carbonyl (C=O) groups excluding carboxylic acids is 3. The Kier molecular flexibility index (Phi) is 4.73. The molecular weight excluding hydrogens is 313 g/mol. The second-order valence-corrected chi connectivity index (χ2v) is 5.00. The molecule has 0 radical (unpaired) electrons. The van der Waals surface area contributed by atoms with Gasteiger partial charge in [0.1, 0.15) is 0 Å². The maximum absolute atomic E-state index is 11.8. The molecule has 6 heteroatoms. The Hall–Kier alpha value is -2.17. The fourth-order valence-electron chi connectivity index (χ4n) is 1.57. The third-order valence-electron chi connectivity index (χ3n) is 2.65. The maximum atomic E-state index is 11.8. The fraction of sp³-hybridized carbons (Fsp3) is 0. The van der Waals surface area contributed by atoms with Gasteiger partial charge >= 0.3 is 0 Å². The van der Waals surface area contributed by atoms with Crippen molar-refractivity contribution in [3.8, 4) is 0 Å². The van der Waals surface area contributed by atoms with E-state index in [2.05, 4.69) is 0 Å². The van der Waals surface area contributed by atoms with E-state index in [1.807, 2.05) is 5.32 Å². The third-order valence-corrected chi connectivity index (χ3v) is 3.15. The van der Waals surface area contributed by atoms with Gasteiger partial charge < -0.3 is 0 Å². The first-order chi connectivity index (χ1) is 9.97. The van der Waals surface area contributed by atoms with Crippen LogP contribution in [0, 0.1) is 0 Å². The Bertz CT molecular complexity index is 694. The summed E-state index contributed by atoms with van der Waals surface area (Å²) in [6, 6.07) is 11.7. The monoisotopic (exact) mass is 321 g/mol. The molecule has 0 spiro atoms. The van der Waals surface area contributed by atoms with Crippen molar-refractivity contribution in [2.45, 2.75) is 0 Å². The van der Waals surface area contributed by atoms with Crippen molar-refractivity contribution in [2.75, 3.05) is 0 Å². The molecule has 0 atom stereocenters. The molecule has 106 valence electrons. The standard InChI is InChI=1S/C15H9Cl2NO3/c16-11-5-1-9(2-6-11)13(19)15(21)18-14(20)10-3-7-12(17)8-4-10/h1-8H,(H,18,20,21). The molecule has 0 aromatic heterocycles. The number of nitrogens with one attached hydrogen (secondary N) is 1. The highest BCUT2D eigenvalue weighted by Crippen LogP contribution is 2.11. The summed E-state index contributed by atoms with van der Waals surface area (Å²) < 4.78 is 0. The van der Waals surface area contributed by atoms with Crippen molar-refractivity contribution in [2.24, 2.45) is 0 Å². The molecule has 2 rings (SSSR count). The number of ketones is 1. The van der Waals surface area contributed by atoms with Crippen molar-refractivity contribution in [1.29, 1.82) is 0 Å². The molecule has 0 saturated heterocycles. The van der Waals surface area contributed by atoms with E-state index >= 15 is 0 Å². The predicted octanol–water partition coefficient (Wildman–Crippen LogP) is 3.13. The summed E-state index contributed by atoms with van der Waals surface area (Å²) in [6.07, 6.45) is 0. The first-order valence-corrected chi connectivity index (χ1v) is 6.64. The number of rotatable bonds is 3. The Morgan fingerprint density at radius 3 is 1.62 bits per heavy atom. The van der Waals surface area contributed by atoms with Gasteiger partial charge in [0.05, 0.1) is 0 Å². The highest BCUT2D eigenvalue weighted by Gasteiger charge is 2.19. The van der Waals surface area contributed by atoms with Gasteiger partial charge in [0.15, 0.2) is 0 Å². The van der Waals surface area contributed by atoms with Crippen LogP contribution in [-0.4, -0.2) is 17.6 Å². The van der Waals surface area contributed by atoms with E-state index in [0.29, 0.717) is 10.0 Å². The molecule has 2 aromatic carbocycles. The number of benzene rings is 2. The van der Waals surface area contributed by atoms with Crippen molar-refractivity contribution < 1.29 is 14.4 Å². The highest BCUT2D eigenvalue weighted by molar-refractivity contribution is 6.45. The average Bonchev–Trinajstić information content (AvgIpc) is 2.47. The second kappa shape index (κ2) is 6.52. The number of amides is 2. The predicted molar refractivity (Wildman–Crippen MR) is 79.7 cm³/mol. The van der Waals surface area contributed by atoms with E-state index in [9.17, 15) is 14.4 Å². The van der Waals surface area contributed by atoms with Crippen LogP contribution in [-0.2, 0) is 4.79 Å². The van der Waals surface area contributed by atoms with Crippen LogP contribution in [0.2, 0.25) is 10.0 Å². The van der Waals surface area contributed by atoms with Crippen molar-refractivity contribution in [3.63, 3.8) is 0 Å². The number of imide groups is 1. The van der Waals surface area contributed by atoms with Crippen LogP contribution < -0.4 is 5.32 Å². The Morgan fingerprint density at radius 1 is 0.714 bits per heavy atom. The van der Waals surface area contributed by atoms with Gasteiger partial charge in [-0.1, -0.05) is 23.2 Å². The van der Waals surface area contributed by atoms with Gasteiger partial charge in [0.25, 0.3) is 17.6 Å². The summed E-state index contributed by atoms with van der Waals surface area (Å²) in [5.41, 5.74) is 0.387. The molecule has 2 amide bonds. The van der Waals surface area contributed by atoms with Gasteiger partial charge in [-0.3, -0.25) is 19.7 Å². The van der Waals surface area contributed by atoms with E-state index < -0.39 is 17.6 Å². The lowest BCUT2D eigenvalue weighted by Crippen LogP contribution is -2.36. The molecule has 0 unspecified atom stereocenters. The average molecular weight is 322 g/mol. The normalized spacial score (nSPS) is 10.0. The summed E-state index contributed by atoms with van der Waals surface area (Å²) in [7, 11) is 0. The van der Waals surface area contributed by atoms with E-state index in [4.69, 9.17) is 23.2 Å². The SMILES string of the molecule is O=C(NC(=O)c1ccc(Cl)cc1)C(=O)c1ccc(Cl)cc1. The molecule has 21 heavy (non-hydrogen) atoms. The van der Waals surface area contributed by atoms with Crippen LogP contribution in [0.1, 0.15) is 20.7 Å². The molecule has 0 aliphatic carbocycles. The van der Waals surface area contributed by atoms with Gasteiger partial charge in [0.2, 0.25) is 0 Å². The van der Waals surface area contributed by atoms with Gasteiger partial charge in [-0.2, -0.15) is 0 Å². The minimum absolute atomic E-state index is 0.154. The van der Waals surface area contributed by atoms with E-state index in [1.54, 1.807) is 0 Å². The molecule has 0 bridgehead atoms. The smallest absolute Gasteiger partial charge is 0.285 e. The van der Waals surface area contributed by atoms with Gasteiger partial charge in [-0.15, -0.1) is 0 Å². The first-order valence-electron chi connectivity index (χ1n) is 5.88. The van der Waals surface area contributed by atoms with Crippen LogP contribution in [0.4, 0.5) is 0 Å². The molecule has 0 heterocycles. The van der Waals surface area contributed by atoms with Gasteiger partial charge in [0, 0.05) is 21.2 Å². The zero-order valence-electron chi connectivity index (χ0n) is 10.6. The number of halogens is 2. The highest BCUT2D eigenvalue weighted by atomic mass is 35.5. The maximum Gasteiger partial charge on any atom is 0.299 e. The number of hydrogen-bond acceptors (Lipinski definition) is 3. The zero-order chi connectivity index (χ0) is 15.4. The quantitative estimate of drug-likeness (QED) is 0.697.